The Morgan fingerprint density at radius 1 is 1.33 bits per heavy atom. The Kier molecular flexibility index (Phi) is 4.99. The zero-order chi connectivity index (χ0) is 13.8. The molecule has 0 aliphatic heterocycles. The molecule has 104 valence electrons. The van der Waals surface area contributed by atoms with E-state index in [2.05, 4.69) is 5.32 Å². The molecule has 0 aromatic rings. The Labute approximate surface area is 109 Å². The minimum absolute atomic E-state index is 0.149. The largest absolute Gasteiger partial charge is 0.481 e. The molecule has 5 heteroatoms. The maximum atomic E-state index is 11.8. The molecule has 0 bridgehead atoms. The summed E-state index contributed by atoms with van der Waals surface area (Å²) in [6.07, 6.45) is 4.90. The monoisotopic (exact) mass is 256 g/mol. The number of hydrogen-bond donors (Lipinski definition) is 2. The van der Waals surface area contributed by atoms with Crippen LogP contribution in [0.4, 0.5) is 4.79 Å². The van der Waals surface area contributed by atoms with E-state index in [4.69, 9.17) is 5.11 Å². The van der Waals surface area contributed by atoms with Gasteiger partial charge in [0.1, 0.15) is 0 Å². The number of nitrogens with one attached hydrogen (secondary N) is 1. The minimum atomic E-state index is -0.927. The second kappa shape index (κ2) is 6.07. The van der Waals surface area contributed by atoms with Crippen LogP contribution in [0.3, 0.4) is 0 Å². The summed E-state index contributed by atoms with van der Waals surface area (Å²) < 4.78 is 0. The van der Waals surface area contributed by atoms with Gasteiger partial charge in [-0.2, -0.15) is 0 Å². The van der Waals surface area contributed by atoms with Gasteiger partial charge in [0.2, 0.25) is 0 Å². The van der Waals surface area contributed by atoms with E-state index in [-0.39, 0.29) is 12.6 Å². The number of carboxylic acids is 1. The van der Waals surface area contributed by atoms with Crippen molar-refractivity contribution < 1.29 is 14.7 Å². The third-order valence-corrected chi connectivity index (χ3v) is 3.61. The molecular weight excluding hydrogens is 232 g/mol. The van der Waals surface area contributed by atoms with Crippen molar-refractivity contribution in [3.8, 4) is 0 Å². The zero-order valence-corrected chi connectivity index (χ0v) is 11.5. The van der Waals surface area contributed by atoms with Crippen molar-refractivity contribution >= 4 is 12.0 Å². The van der Waals surface area contributed by atoms with Crippen molar-refractivity contribution in [2.24, 2.45) is 11.3 Å². The van der Waals surface area contributed by atoms with Gasteiger partial charge in [-0.05, 0) is 32.6 Å². The van der Waals surface area contributed by atoms with Crippen LogP contribution >= 0.6 is 0 Å². The molecule has 1 saturated carbocycles. The van der Waals surface area contributed by atoms with E-state index in [1.807, 2.05) is 0 Å². The Morgan fingerprint density at radius 3 is 2.39 bits per heavy atom. The third kappa shape index (κ3) is 4.20. The number of carbonyl (C=O) groups is 2. The van der Waals surface area contributed by atoms with Crippen LogP contribution in [0, 0.1) is 11.3 Å². The van der Waals surface area contributed by atoms with Gasteiger partial charge >= 0.3 is 12.0 Å². The van der Waals surface area contributed by atoms with E-state index in [1.165, 1.54) is 25.7 Å². The number of carboxylic acid groups (broad SMARTS) is 1. The number of nitrogens with zero attached hydrogens (tertiary/aromatic N) is 1. The molecule has 0 heterocycles. The Hall–Kier alpha value is -1.26. The van der Waals surface area contributed by atoms with Crippen LogP contribution in [0.5, 0.6) is 0 Å². The highest BCUT2D eigenvalue weighted by molar-refractivity contribution is 5.77. The number of aliphatic carboxylic acids is 1. The Morgan fingerprint density at radius 2 is 1.89 bits per heavy atom. The number of urea groups is 1. The van der Waals surface area contributed by atoms with Gasteiger partial charge in [0.25, 0.3) is 0 Å². The predicted octanol–water partition coefficient (Wildman–Crippen LogP) is 1.93. The first-order valence-corrected chi connectivity index (χ1v) is 6.55. The first-order valence-electron chi connectivity index (χ1n) is 6.55. The molecule has 1 aliphatic carbocycles. The van der Waals surface area contributed by atoms with Crippen molar-refractivity contribution in [1.29, 1.82) is 0 Å². The molecule has 0 aromatic heterocycles. The SMILES string of the molecule is CN(CC1CCCC1)C(=O)NCC(C)(C)C(=O)O. The van der Waals surface area contributed by atoms with Gasteiger partial charge in [-0.3, -0.25) is 4.79 Å². The topological polar surface area (TPSA) is 69.6 Å². The van der Waals surface area contributed by atoms with E-state index >= 15 is 0 Å². The molecule has 1 rings (SSSR count). The van der Waals surface area contributed by atoms with Gasteiger partial charge in [0, 0.05) is 20.1 Å². The number of amides is 2. The highest BCUT2D eigenvalue weighted by Gasteiger charge is 2.28. The van der Waals surface area contributed by atoms with Crippen LogP contribution in [0.2, 0.25) is 0 Å². The summed E-state index contributed by atoms with van der Waals surface area (Å²) in [7, 11) is 1.77. The number of rotatable bonds is 5. The van der Waals surface area contributed by atoms with Crippen molar-refractivity contribution in [2.45, 2.75) is 39.5 Å². The molecule has 1 aliphatic rings. The second-order valence-electron chi connectivity index (χ2n) is 5.88. The van der Waals surface area contributed by atoms with Gasteiger partial charge in [0.05, 0.1) is 5.41 Å². The Balaban J connectivity index is 2.33. The highest BCUT2D eigenvalue weighted by atomic mass is 16.4. The van der Waals surface area contributed by atoms with Crippen molar-refractivity contribution in [3.63, 3.8) is 0 Å². The van der Waals surface area contributed by atoms with Crippen molar-refractivity contribution in [1.82, 2.24) is 10.2 Å². The molecular formula is C13H24N2O3. The van der Waals surface area contributed by atoms with Gasteiger partial charge in [0.15, 0.2) is 0 Å². The van der Waals surface area contributed by atoms with Crippen LogP contribution in [0.25, 0.3) is 0 Å². The van der Waals surface area contributed by atoms with E-state index < -0.39 is 11.4 Å². The molecule has 2 amide bonds. The summed E-state index contributed by atoms with van der Waals surface area (Å²) in [5, 5.41) is 11.6. The highest BCUT2D eigenvalue weighted by Crippen LogP contribution is 2.25. The van der Waals surface area contributed by atoms with Gasteiger partial charge in [-0.25, -0.2) is 4.79 Å². The zero-order valence-electron chi connectivity index (χ0n) is 11.5. The van der Waals surface area contributed by atoms with Crippen LogP contribution in [-0.4, -0.2) is 42.1 Å². The van der Waals surface area contributed by atoms with E-state index in [9.17, 15) is 9.59 Å². The molecule has 0 atom stereocenters. The van der Waals surface area contributed by atoms with Gasteiger partial charge in [-0.1, -0.05) is 12.8 Å². The number of carbonyl (C=O) groups excluding carboxylic acids is 1. The lowest BCUT2D eigenvalue weighted by molar-refractivity contribution is -0.146. The molecule has 18 heavy (non-hydrogen) atoms. The van der Waals surface area contributed by atoms with Crippen LogP contribution in [0.1, 0.15) is 39.5 Å². The molecule has 0 aromatic carbocycles. The molecule has 0 radical (unpaired) electrons. The molecule has 0 spiro atoms. The van der Waals surface area contributed by atoms with E-state index in [1.54, 1.807) is 25.8 Å². The quantitative estimate of drug-likeness (QED) is 0.789. The smallest absolute Gasteiger partial charge is 0.317 e. The fraction of sp³-hybridized carbons (Fsp3) is 0.846. The average molecular weight is 256 g/mol. The first kappa shape index (κ1) is 14.8. The van der Waals surface area contributed by atoms with Crippen molar-refractivity contribution in [2.75, 3.05) is 20.1 Å². The lowest BCUT2D eigenvalue weighted by Crippen LogP contribution is -2.45. The van der Waals surface area contributed by atoms with Crippen LogP contribution in [0.15, 0.2) is 0 Å². The summed E-state index contributed by atoms with van der Waals surface area (Å²) in [6.45, 7) is 4.12. The lowest BCUT2D eigenvalue weighted by Gasteiger charge is -2.24. The summed E-state index contributed by atoms with van der Waals surface area (Å²) in [5.74, 6) is -0.297. The van der Waals surface area contributed by atoms with Crippen LogP contribution < -0.4 is 5.32 Å². The maximum Gasteiger partial charge on any atom is 0.317 e. The fourth-order valence-electron chi connectivity index (χ4n) is 2.17. The van der Waals surface area contributed by atoms with Crippen molar-refractivity contribution in [3.05, 3.63) is 0 Å². The third-order valence-electron chi connectivity index (χ3n) is 3.61. The van der Waals surface area contributed by atoms with Crippen LogP contribution in [-0.2, 0) is 4.79 Å². The molecule has 0 saturated heterocycles. The molecule has 2 N–H and O–H groups in total. The van der Waals surface area contributed by atoms with Gasteiger partial charge in [-0.15, -0.1) is 0 Å². The second-order valence-corrected chi connectivity index (χ2v) is 5.88. The normalized spacial score (nSPS) is 16.6. The standard InChI is InChI=1S/C13H24N2O3/c1-13(2,11(16)17)9-14-12(18)15(3)8-10-6-4-5-7-10/h10H,4-9H2,1-3H3,(H,14,18)(H,16,17). The maximum absolute atomic E-state index is 11.8. The summed E-state index contributed by atoms with van der Waals surface area (Å²) in [5.41, 5.74) is -0.927. The van der Waals surface area contributed by atoms with Gasteiger partial charge < -0.3 is 15.3 Å². The molecule has 5 nitrogen and oxygen atoms in total. The molecule has 0 unspecified atom stereocenters. The molecule has 1 fully saturated rings. The number of hydrogen-bond acceptors (Lipinski definition) is 2. The summed E-state index contributed by atoms with van der Waals surface area (Å²) in [4.78, 5) is 24.4. The fourth-order valence-corrected chi connectivity index (χ4v) is 2.17. The lowest BCUT2D eigenvalue weighted by atomic mass is 9.94. The predicted molar refractivity (Wildman–Crippen MR) is 69.4 cm³/mol. The summed E-state index contributed by atoms with van der Waals surface area (Å²) in [6, 6.07) is -0.184. The average Bonchev–Trinajstić information content (AvgIpc) is 2.78. The first-order chi connectivity index (χ1) is 8.33. The Bertz CT molecular complexity index is 309. The minimum Gasteiger partial charge on any atom is -0.481 e. The van der Waals surface area contributed by atoms with E-state index in [0.717, 1.165) is 6.54 Å². The summed E-state index contributed by atoms with van der Waals surface area (Å²) >= 11 is 0. The van der Waals surface area contributed by atoms with E-state index in [0.29, 0.717) is 5.92 Å².